The molecule has 16 heavy (non-hydrogen) atoms. The molecule has 2 aromatic heterocycles. The summed E-state index contributed by atoms with van der Waals surface area (Å²) in [5.74, 6) is 0. The number of nitrogens with zero attached hydrogens (tertiary/aromatic N) is 6. The predicted molar refractivity (Wildman–Crippen MR) is 52.7 cm³/mol. The van der Waals surface area contributed by atoms with Crippen molar-refractivity contribution in [3.63, 3.8) is 0 Å². The van der Waals surface area contributed by atoms with Gasteiger partial charge in [0.1, 0.15) is 6.73 Å². The van der Waals surface area contributed by atoms with Gasteiger partial charge in [-0.1, -0.05) is 10.4 Å². The minimum Gasteiger partial charge on any atom is -0.374 e. The van der Waals surface area contributed by atoms with Crippen molar-refractivity contribution in [3.05, 3.63) is 23.8 Å². The third kappa shape index (κ3) is 5.43. The van der Waals surface area contributed by atoms with E-state index in [9.17, 15) is 0 Å². The normalized spacial score (nSPS) is 9.00. The zero-order chi connectivity index (χ0) is 11.3. The van der Waals surface area contributed by atoms with Crippen molar-refractivity contribution in [2.45, 2.75) is 20.6 Å². The summed E-state index contributed by atoms with van der Waals surface area (Å²) in [5, 5.41) is 23.0. The molecular weight excluding hydrogens is 285 g/mol. The second-order valence-electron chi connectivity index (χ2n) is 3.07. The van der Waals surface area contributed by atoms with Gasteiger partial charge in [0.15, 0.2) is 0 Å². The monoisotopic (exact) mass is 299 g/mol. The summed E-state index contributed by atoms with van der Waals surface area (Å²) in [7, 11) is 1.85. The zero-order valence-corrected chi connectivity index (χ0v) is 12.4. The van der Waals surface area contributed by atoms with Gasteiger partial charge in [0.05, 0.1) is 17.6 Å². The fraction of sp³-hybridized carbons (Fsp3) is 0.500. The third-order valence-electron chi connectivity index (χ3n) is 1.52. The fourth-order valence-corrected chi connectivity index (χ4v) is 0.928. The number of aryl methyl sites for hydroxylation is 3. The van der Waals surface area contributed by atoms with E-state index in [1.54, 1.807) is 10.9 Å². The van der Waals surface area contributed by atoms with Crippen LogP contribution in [0, 0.1) is 13.8 Å². The van der Waals surface area contributed by atoms with Crippen molar-refractivity contribution in [2.75, 3.05) is 0 Å². The Morgan fingerprint density at radius 2 is 1.69 bits per heavy atom. The van der Waals surface area contributed by atoms with E-state index in [1.165, 1.54) is 4.68 Å². The van der Waals surface area contributed by atoms with Crippen LogP contribution in [0.4, 0.5) is 0 Å². The minimum absolute atomic E-state index is 0. The molecule has 0 spiro atoms. The van der Waals surface area contributed by atoms with E-state index >= 15 is 0 Å². The van der Waals surface area contributed by atoms with E-state index in [4.69, 9.17) is 5.11 Å². The fourth-order valence-electron chi connectivity index (χ4n) is 0.928. The summed E-state index contributed by atoms with van der Waals surface area (Å²) < 4.78 is 3.03. The maximum absolute atomic E-state index is 8.41. The van der Waals surface area contributed by atoms with Gasteiger partial charge < -0.3 is 5.11 Å². The largest absolute Gasteiger partial charge is 0.374 e. The Balaban J connectivity index is 0.000000267. The van der Waals surface area contributed by atoms with Gasteiger partial charge in [0.2, 0.25) is 0 Å². The molecule has 0 aliphatic rings. The van der Waals surface area contributed by atoms with Crippen LogP contribution in [0.5, 0.6) is 0 Å². The van der Waals surface area contributed by atoms with Gasteiger partial charge in [-0.3, -0.25) is 4.68 Å². The Morgan fingerprint density at radius 3 is 1.88 bits per heavy atom. The molecule has 0 aliphatic heterocycles. The summed E-state index contributed by atoms with van der Waals surface area (Å²) in [6, 6.07) is 0. The van der Waals surface area contributed by atoms with Gasteiger partial charge in [0.25, 0.3) is 0 Å². The quantitative estimate of drug-likeness (QED) is 0.779. The molecule has 1 radical (unpaired) electrons. The Kier molecular flexibility index (Phi) is 7.28. The third-order valence-corrected chi connectivity index (χ3v) is 1.52. The Bertz CT molecular complexity index is 396. The van der Waals surface area contributed by atoms with Crippen molar-refractivity contribution in [2.24, 2.45) is 7.05 Å². The average Bonchev–Trinajstić information content (AvgIpc) is 2.76. The molecule has 2 heterocycles. The van der Waals surface area contributed by atoms with E-state index in [-0.39, 0.29) is 39.4 Å². The van der Waals surface area contributed by atoms with Crippen molar-refractivity contribution >= 4 is 0 Å². The molecule has 0 amide bonds. The molecule has 85 valence electrons. The van der Waals surface area contributed by atoms with Crippen LogP contribution in [0.1, 0.15) is 11.4 Å². The van der Waals surface area contributed by atoms with Crippen LogP contribution < -0.4 is 0 Å². The minimum atomic E-state index is -0.0964. The van der Waals surface area contributed by atoms with Gasteiger partial charge in [0, 0.05) is 46.0 Å². The molecule has 0 unspecified atom stereocenters. The van der Waals surface area contributed by atoms with Crippen molar-refractivity contribution in [1.29, 1.82) is 0 Å². The van der Waals surface area contributed by atoms with E-state index < -0.39 is 0 Å². The number of rotatable bonds is 1. The molecule has 1 N–H and O–H groups in total. The molecule has 0 aliphatic carbocycles. The summed E-state index contributed by atoms with van der Waals surface area (Å²) in [6.07, 6.45) is 3.53. The second kappa shape index (κ2) is 7.59. The second-order valence-corrected chi connectivity index (χ2v) is 3.07. The number of hydrogen-bond donors (Lipinski definition) is 1. The van der Waals surface area contributed by atoms with Crippen molar-refractivity contribution < 1.29 is 37.8 Å². The smallest absolute Gasteiger partial charge is 0.137 e. The van der Waals surface area contributed by atoms with Crippen LogP contribution in [0.15, 0.2) is 12.4 Å². The van der Waals surface area contributed by atoms with Gasteiger partial charge in [-0.2, -0.15) is 0 Å². The van der Waals surface area contributed by atoms with Crippen LogP contribution >= 0.6 is 0 Å². The maximum atomic E-state index is 8.41. The topological polar surface area (TPSA) is 81.7 Å². The summed E-state index contributed by atoms with van der Waals surface area (Å²) in [5.41, 5.74) is 1.78. The molecule has 0 saturated carbocycles. The van der Waals surface area contributed by atoms with E-state index in [0.717, 1.165) is 11.4 Å². The van der Waals surface area contributed by atoms with Gasteiger partial charge in [-0.15, -0.1) is 10.2 Å². The molecule has 0 saturated heterocycles. The van der Waals surface area contributed by atoms with Crippen molar-refractivity contribution in [1.82, 2.24) is 30.0 Å². The maximum Gasteiger partial charge on any atom is 0.137 e. The molecule has 0 bridgehead atoms. The summed E-state index contributed by atoms with van der Waals surface area (Å²) in [6.45, 7) is 3.63. The molecule has 0 aromatic carbocycles. The first-order valence-corrected chi connectivity index (χ1v) is 4.42. The van der Waals surface area contributed by atoms with Crippen LogP contribution in [0.25, 0.3) is 0 Å². The van der Waals surface area contributed by atoms with Crippen LogP contribution in [0.2, 0.25) is 0 Å². The molecule has 7 nitrogen and oxygen atoms in total. The van der Waals surface area contributed by atoms with Crippen LogP contribution in [-0.4, -0.2) is 35.1 Å². The molecule has 2 rings (SSSR count). The number of aromatic nitrogens is 6. The van der Waals surface area contributed by atoms with Crippen LogP contribution in [0.3, 0.4) is 0 Å². The molecule has 0 fully saturated rings. The predicted octanol–water partition coefficient (Wildman–Crippen LogP) is -0.343. The van der Waals surface area contributed by atoms with Crippen molar-refractivity contribution in [3.8, 4) is 0 Å². The molecule has 2 aromatic rings. The Labute approximate surface area is 119 Å². The summed E-state index contributed by atoms with van der Waals surface area (Å²) in [4.78, 5) is 0. The number of aliphatic hydroxyl groups is 1. The first-order chi connectivity index (χ1) is 7.11. The standard InChI is InChI=1S/C4H7N3O.C4H7N3.Y/c1-4-2-7(3-8)6-5-4;1-4-3-7(2)6-5-4;/h2,8H,3H2,1H3;3H,1-2H3;. The van der Waals surface area contributed by atoms with E-state index in [1.807, 2.05) is 27.1 Å². The average molecular weight is 299 g/mol. The number of hydrogen-bond acceptors (Lipinski definition) is 5. The molecular formula is C8H14N6OY. The van der Waals surface area contributed by atoms with E-state index in [0.29, 0.717) is 0 Å². The molecule has 0 atom stereocenters. The van der Waals surface area contributed by atoms with Gasteiger partial charge in [-0.25, -0.2) is 4.68 Å². The first-order valence-electron chi connectivity index (χ1n) is 4.42. The summed E-state index contributed by atoms with van der Waals surface area (Å²) >= 11 is 0. The first kappa shape index (κ1) is 15.3. The van der Waals surface area contributed by atoms with Gasteiger partial charge in [-0.05, 0) is 13.8 Å². The zero-order valence-electron chi connectivity index (χ0n) is 9.57. The van der Waals surface area contributed by atoms with Crippen LogP contribution in [-0.2, 0) is 46.5 Å². The SMILES string of the molecule is Cc1cn(C)nn1.Cc1cn(CO)nn1.[Y]. The number of aliphatic hydroxyl groups excluding tert-OH is 1. The van der Waals surface area contributed by atoms with Gasteiger partial charge >= 0.3 is 0 Å². The Hall–Kier alpha value is -0.656. The molecule has 8 heteroatoms. The van der Waals surface area contributed by atoms with E-state index in [2.05, 4.69) is 20.6 Å². The Morgan fingerprint density at radius 1 is 1.12 bits per heavy atom.